The fourth-order valence-corrected chi connectivity index (χ4v) is 2.38. The Balaban J connectivity index is 1.85. The molecule has 2 aromatic rings. The Morgan fingerprint density at radius 1 is 0.917 bits per heavy atom. The Morgan fingerprint density at radius 3 is 2.00 bits per heavy atom. The lowest BCUT2D eigenvalue weighted by Gasteiger charge is -2.19. The van der Waals surface area contributed by atoms with Gasteiger partial charge in [0.2, 0.25) is 0 Å². The summed E-state index contributed by atoms with van der Waals surface area (Å²) in [5.74, 6) is -1.16. The Labute approximate surface area is 147 Å². The molecule has 24 heavy (non-hydrogen) atoms. The molecule has 0 atom stereocenters. The van der Waals surface area contributed by atoms with E-state index in [1.807, 2.05) is 12.1 Å². The van der Waals surface area contributed by atoms with Crippen LogP contribution in [-0.2, 0) is 18.5 Å². The highest BCUT2D eigenvalue weighted by Crippen LogP contribution is 2.22. The monoisotopic (exact) mass is 348 g/mol. The number of halogens is 2. The third-order valence-electron chi connectivity index (χ3n) is 3.76. The van der Waals surface area contributed by atoms with Crippen LogP contribution in [0.4, 0.5) is 8.78 Å². The van der Waals surface area contributed by atoms with Crippen LogP contribution < -0.4 is 10.6 Å². The minimum absolute atomic E-state index is 0.00724. The fraction of sp³-hybridized carbons (Fsp3) is 0.316. The highest BCUT2D eigenvalue weighted by Gasteiger charge is 2.13. The average Bonchev–Trinajstić information content (AvgIpc) is 2.52. The summed E-state index contributed by atoms with van der Waals surface area (Å²) in [4.78, 5) is 0. The van der Waals surface area contributed by atoms with Gasteiger partial charge < -0.3 is 10.6 Å². The largest absolute Gasteiger partial charge is 0.359 e. The molecule has 0 unspecified atom stereocenters. The van der Waals surface area contributed by atoms with Gasteiger partial charge in [0, 0.05) is 18.7 Å². The van der Waals surface area contributed by atoms with Crippen molar-refractivity contribution in [1.82, 2.24) is 10.6 Å². The van der Waals surface area contributed by atoms with Crippen molar-refractivity contribution >= 4 is 17.3 Å². The molecular weight excluding hydrogens is 326 g/mol. The molecule has 0 bridgehead atoms. The number of nitrogens with one attached hydrogen (secondary N) is 2. The Morgan fingerprint density at radius 2 is 1.46 bits per heavy atom. The number of thiocarbonyl (C=S) groups is 1. The smallest absolute Gasteiger partial charge is 0.166 e. The molecule has 128 valence electrons. The number of hydrogen-bond donors (Lipinski definition) is 2. The Hall–Kier alpha value is -2.01. The van der Waals surface area contributed by atoms with Crippen LogP contribution in [-0.4, -0.2) is 5.11 Å². The minimum Gasteiger partial charge on any atom is -0.359 e. The van der Waals surface area contributed by atoms with Crippen molar-refractivity contribution in [2.45, 2.75) is 39.3 Å². The molecule has 5 heteroatoms. The minimum atomic E-state index is -0.580. The van der Waals surface area contributed by atoms with Crippen molar-refractivity contribution in [2.75, 3.05) is 0 Å². The predicted molar refractivity (Wildman–Crippen MR) is 97.8 cm³/mol. The van der Waals surface area contributed by atoms with Gasteiger partial charge in [-0.25, -0.2) is 8.78 Å². The molecule has 0 aliphatic rings. The van der Waals surface area contributed by atoms with E-state index < -0.39 is 11.6 Å². The van der Waals surface area contributed by atoms with Gasteiger partial charge in [0.1, 0.15) is 11.6 Å². The molecule has 0 aliphatic heterocycles. The fourth-order valence-electron chi connectivity index (χ4n) is 2.24. The first-order chi connectivity index (χ1) is 11.3. The van der Waals surface area contributed by atoms with Crippen molar-refractivity contribution in [1.29, 1.82) is 0 Å². The molecule has 0 spiro atoms. The van der Waals surface area contributed by atoms with Crippen molar-refractivity contribution in [3.05, 3.63) is 70.8 Å². The third-order valence-corrected chi connectivity index (χ3v) is 4.05. The first-order valence-corrected chi connectivity index (χ1v) is 8.22. The summed E-state index contributed by atoms with van der Waals surface area (Å²) in [6, 6.07) is 12.1. The van der Waals surface area contributed by atoms with Crippen LogP contribution in [0.2, 0.25) is 0 Å². The van der Waals surface area contributed by atoms with Crippen LogP contribution in [0.5, 0.6) is 0 Å². The standard InChI is InChI=1S/C19H22F2N2S/c1-19(2,3)14-9-7-13(8-10-14)11-22-18(24)23-12-15-16(20)5-4-6-17(15)21/h4-10H,11-12H2,1-3H3,(H2,22,23,24). The zero-order valence-corrected chi connectivity index (χ0v) is 14.9. The van der Waals surface area contributed by atoms with E-state index in [9.17, 15) is 8.78 Å². The van der Waals surface area contributed by atoms with Crippen molar-refractivity contribution in [3.63, 3.8) is 0 Å². The van der Waals surface area contributed by atoms with E-state index in [0.717, 1.165) is 5.56 Å². The maximum Gasteiger partial charge on any atom is 0.166 e. The lowest BCUT2D eigenvalue weighted by atomic mass is 9.87. The van der Waals surface area contributed by atoms with E-state index in [-0.39, 0.29) is 17.5 Å². The summed E-state index contributed by atoms with van der Waals surface area (Å²) in [6.07, 6.45) is 0. The number of hydrogen-bond acceptors (Lipinski definition) is 1. The summed E-state index contributed by atoms with van der Waals surface area (Å²) < 4.78 is 27.1. The highest BCUT2D eigenvalue weighted by molar-refractivity contribution is 7.80. The van der Waals surface area contributed by atoms with Gasteiger partial charge in [-0.2, -0.15) is 0 Å². The van der Waals surface area contributed by atoms with Crippen LogP contribution in [0.15, 0.2) is 42.5 Å². The highest BCUT2D eigenvalue weighted by atomic mass is 32.1. The molecule has 0 aromatic heterocycles. The van der Waals surface area contributed by atoms with Crippen LogP contribution in [0.25, 0.3) is 0 Å². The van der Waals surface area contributed by atoms with Gasteiger partial charge >= 0.3 is 0 Å². The molecule has 2 nitrogen and oxygen atoms in total. The Kier molecular flexibility index (Phi) is 5.89. The van der Waals surface area contributed by atoms with Crippen LogP contribution in [0.3, 0.4) is 0 Å². The quantitative estimate of drug-likeness (QED) is 0.800. The van der Waals surface area contributed by atoms with Gasteiger partial charge in [-0.1, -0.05) is 51.1 Å². The second-order valence-corrected chi connectivity index (χ2v) is 7.09. The normalized spacial score (nSPS) is 11.2. The molecular formula is C19H22F2N2S. The van der Waals surface area contributed by atoms with Gasteiger partial charge in [0.05, 0.1) is 0 Å². The summed E-state index contributed by atoms with van der Waals surface area (Å²) in [5.41, 5.74) is 2.45. The topological polar surface area (TPSA) is 24.1 Å². The van der Waals surface area contributed by atoms with Gasteiger partial charge in [-0.15, -0.1) is 0 Å². The third kappa shape index (κ3) is 4.99. The van der Waals surface area contributed by atoms with E-state index in [1.165, 1.54) is 23.8 Å². The summed E-state index contributed by atoms with van der Waals surface area (Å²) >= 11 is 5.16. The molecule has 2 rings (SSSR count). The molecule has 0 amide bonds. The second-order valence-electron chi connectivity index (χ2n) is 6.68. The molecule has 2 aromatic carbocycles. The van der Waals surface area contributed by atoms with Gasteiger partial charge in [-0.3, -0.25) is 0 Å². The summed E-state index contributed by atoms with van der Waals surface area (Å²) in [6.45, 7) is 7.06. The second kappa shape index (κ2) is 7.71. The molecule has 0 saturated heterocycles. The molecule has 0 fully saturated rings. The van der Waals surface area contributed by atoms with Crippen molar-refractivity contribution in [3.8, 4) is 0 Å². The zero-order chi connectivity index (χ0) is 17.7. The Bertz CT molecular complexity index is 686. The lowest BCUT2D eigenvalue weighted by molar-refractivity contribution is 0.550. The first kappa shape index (κ1) is 18.3. The van der Waals surface area contributed by atoms with E-state index in [0.29, 0.717) is 11.7 Å². The van der Waals surface area contributed by atoms with E-state index in [2.05, 4.69) is 43.5 Å². The van der Waals surface area contributed by atoms with Gasteiger partial charge in [0.15, 0.2) is 5.11 Å². The zero-order valence-electron chi connectivity index (χ0n) is 14.1. The van der Waals surface area contributed by atoms with Gasteiger partial charge in [0.25, 0.3) is 0 Å². The molecule has 2 N–H and O–H groups in total. The van der Waals surface area contributed by atoms with E-state index >= 15 is 0 Å². The van der Waals surface area contributed by atoms with Crippen molar-refractivity contribution in [2.24, 2.45) is 0 Å². The SMILES string of the molecule is CC(C)(C)c1ccc(CNC(=S)NCc2c(F)cccc2F)cc1. The predicted octanol–water partition coefficient (Wildman–Crippen LogP) is 4.43. The van der Waals surface area contributed by atoms with Crippen LogP contribution in [0.1, 0.15) is 37.5 Å². The van der Waals surface area contributed by atoms with Crippen LogP contribution in [0, 0.1) is 11.6 Å². The maximum atomic E-state index is 13.5. The van der Waals surface area contributed by atoms with Crippen molar-refractivity contribution < 1.29 is 8.78 Å². The molecule has 0 radical (unpaired) electrons. The molecule has 0 heterocycles. The molecule has 0 aliphatic carbocycles. The van der Waals surface area contributed by atoms with Crippen LogP contribution >= 0.6 is 12.2 Å². The summed E-state index contributed by atoms with van der Waals surface area (Å²) in [5, 5.41) is 6.23. The maximum absolute atomic E-state index is 13.5. The average molecular weight is 348 g/mol. The number of benzene rings is 2. The lowest BCUT2D eigenvalue weighted by Crippen LogP contribution is -2.34. The van der Waals surface area contributed by atoms with E-state index in [4.69, 9.17) is 12.2 Å². The van der Waals surface area contributed by atoms with Gasteiger partial charge in [-0.05, 0) is 40.9 Å². The van der Waals surface area contributed by atoms with E-state index in [1.54, 1.807) is 0 Å². The number of rotatable bonds is 4. The first-order valence-electron chi connectivity index (χ1n) is 7.81. The summed E-state index contributed by atoms with van der Waals surface area (Å²) in [7, 11) is 0. The molecule has 0 saturated carbocycles.